The number of hydrogen-bond donors (Lipinski definition) is 0. The Hall–Kier alpha value is -2.00. The van der Waals surface area contributed by atoms with E-state index in [1.807, 2.05) is 68.6 Å². The number of hydrogen-bond acceptors (Lipinski definition) is 3. The highest BCUT2D eigenvalue weighted by molar-refractivity contribution is 7.15. The van der Waals surface area contributed by atoms with Gasteiger partial charge in [0.1, 0.15) is 11.3 Å². The van der Waals surface area contributed by atoms with Crippen molar-refractivity contribution in [3.63, 3.8) is 0 Å². The van der Waals surface area contributed by atoms with E-state index in [4.69, 9.17) is 16.3 Å². The monoisotopic (exact) mass is 429 g/mol. The molecule has 154 valence electrons. The standard InChI is InChI=1S/C13H13ClN3P.C8H10O.C2H6/c14-7-3-6-12-16-11-8-15-10-5-2-1-4-9(10)13(11)17(12)18;1-9-7-8-5-3-2-4-6-8;1-2/h1-2,4-5,8H,3,6-7,18H2;2-6H,7H2,1H3;1-2H3. The van der Waals surface area contributed by atoms with Crippen LogP contribution in [0.15, 0.2) is 60.8 Å². The van der Waals surface area contributed by atoms with Crippen molar-refractivity contribution in [3.8, 4) is 0 Å². The zero-order valence-electron chi connectivity index (χ0n) is 17.3. The number of ether oxygens (including phenoxy) is 1. The summed E-state index contributed by atoms with van der Waals surface area (Å²) in [4.78, 5) is 9.05. The number of imidazole rings is 1. The Balaban J connectivity index is 0.000000231. The number of benzene rings is 2. The summed E-state index contributed by atoms with van der Waals surface area (Å²) in [6.45, 7) is 4.71. The maximum absolute atomic E-state index is 5.74. The third-order valence-electron chi connectivity index (χ3n) is 4.18. The van der Waals surface area contributed by atoms with Gasteiger partial charge in [0, 0.05) is 24.8 Å². The summed E-state index contributed by atoms with van der Waals surface area (Å²) in [7, 11) is 4.44. The molecule has 0 aliphatic rings. The second kappa shape index (κ2) is 12.5. The quantitative estimate of drug-likeness (QED) is 0.278. The number of aromatic nitrogens is 3. The highest BCUT2D eigenvalue weighted by Gasteiger charge is 2.11. The second-order valence-corrected chi connectivity index (χ2v) is 7.01. The van der Waals surface area contributed by atoms with Crippen molar-refractivity contribution >= 4 is 42.9 Å². The molecule has 0 aliphatic carbocycles. The summed E-state index contributed by atoms with van der Waals surface area (Å²) in [5.74, 6) is 1.70. The zero-order valence-corrected chi connectivity index (χ0v) is 19.2. The number of fused-ring (bicyclic) bond motifs is 3. The van der Waals surface area contributed by atoms with Crippen LogP contribution in [0.4, 0.5) is 0 Å². The van der Waals surface area contributed by atoms with Gasteiger partial charge in [0.05, 0.1) is 23.8 Å². The van der Waals surface area contributed by atoms with Gasteiger partial charge in [-0.3, -0.25) is 4.98 Å². The largest absolute Gasteiger partial charge is 0.380 e. The number of methoxy groups -OCH3 is 1. The number of pyridine rings is 1. The van der Waals surface area contributed by atoms with Gasteiger partial charge in [0.2, 0.25) is 0 Å². The van der Waals surface area contributed by atoms with Crippen molar-refractivity contribution in [3.05, 3.63) is 72.2 Å². The lowest BCUT2D eigenvalue weighted by molar-refractivity contribution is 0.185. The van der Waals surface area contributed by atoms with Crippen molar-refractivity contribution in [1.29, 1.82) is 0 Å². The molecule has 0 N–H and O–H groups in total. The molecule has 0 bridgehead atoms. The minimum atomic E-state index is 0.660. The van der Waals surface area contributed by atoms with Gasteiger partial charge in [0.15, 0.2) is 0 Å². The van der Waals surface area contributed by atoms with Crippen LogP contribution in [0.1, 0.15) is 31.7 Å². The molecule has 2 aromatic heterocycles. The van der Waals surface area contributed by atoms with Crippen LogP contribution in [0.3, 0.4) is 0 Å². The van der Waals surface area contributed by atoms with Crippen LogP contribution in [0.5, 0.6) is 0 Å². The van der Waals surface area contributed by atoms with Crippen molar-refractivity contribution in [2.45, 2.75) is 33.3 Å². The van der Waals surface area contributed by atoms with E-state index in [0.717, 1.165) is 40.6 Å². The first-order valence-electron chi connectivity index (χ1n) is 9.83. The molecule has 29 heavy (non-hydrogen) atoms. The van der Waals surface area contributed by atoms with Gasteiger partial charge < -0.3 is 9.07 Å². The highest BCUT2D eigenvalue weighted by atomic mass is 35.5. The van der Waals surface area contributed by atoms with Crippen LogP contribution >= 0.6 is 21.0 Å². The Kier molecular flexibility index (Phi) is 10.1. The zero-order chi connectivity index (χ0) is 21.1. The topological polar surface area (TPSA) is 39.9 Å². The molecule has 4 nitrogen and oxygen atoms in total. The van der Waals surface area contributed by atoms with E-state index < -0.39 is 0 Å². The molecule has 1 unspecified atom stereocenters. The average Bonchev–Trinajstić information content (AvgIpc) is 3.11. The van der Waals surface area contributed by atoms with Gasteiger partial charge >= 0.3 is 0 Å². The fraction of sp³-hybridized carbons (Fsp3) is 0.304. The number of para-hydroxylation sites is 1. The van der Waals surface area contributed by atoms with E-state index in [-0.39, 0.29) is 0 Å². The molecular weight excluding hydrogens is 401 g/mol. The number of rotatable bonds is 5. The van der Waals surface area contributed by atoms with E-state index >= 15 is 0 Å². The van der Waals surface area contributed by atoms with Gasteiger partial charge in [0.25, 0.3) is 0 Å². The molecule has 0 aliphatic heterocycles. The van der Waals surface area contributed by atoms with Crippen LogP contribution in [-0.2, 0) is 17.8 Å². The Morgan fingerprint density at radius 1 is 1.00 bits per heavy atom. The lowest BCUT2D eigenvalue weighted by atomic mass is 10.2. The van der Waals surface area contributed by atoms with Crippen LogP contribution in [0.2, 0.25) is 0 Å². The predicted molar refractivity (Wildman–Crippen MR) is 128 cm³/mol. The summed E-state index contributed by atoms with van der Waals surface area (Å²) >= 11 is 5.74. The first-order chi connectivity index (χ1) is 14.2. The molecule has 4 aromatic rings. The fourth-order valence-electron chi connectivity index (χ4n) is 2.92. The first kappa shape index (κ1) is 23.3. The lowest BCUT2D eigenvalue weighted by Crippen LogP contribution is -1.93. The fourth-order valence-corrected chi connectivity index (χ4v) is 3.51. The Labute approximate surface area is 180 Å². The highest BCUT2D eigenvalue weighted by Crippen LogP contribution is 2.26. The minimum Gasteiger partial charge on any atom is -0.380 e. The second-order valence-electron chi connectivity index (χ2n) is 6.12. The maximum Gasteiger partial charge on any atom is 0.112 e. The van der Waals surface area contributed by atoms with Gasteiger partial charge in [-0.1, -0.05) is 62.4 Å². The van der Waals surface area contributed by atoms with Crippen molar-refractivity contribution in [2.75, 3.05) is 13.0 Å². The smallest absolute Gasteiger partial charge is 0.112 e. The van der Waals surface area contributed by atoms with Gasteiger partial charge in [-0.25, -0.2) is 4.98 Å². The van der Waals surface area contributed by atoms with E-state index in [1.54, 1.807) is 7.11 Å². The molecule has 2 heterocycles. The van der Waals surface area contributed by atoms with Crippen LogP contribution in [0, 0.1) is 0 Å². The van der Waals surface area contributed by atoms with Crippen molar-refractivity contribution in [1.82, 2.24) is 14.3 Å². The summed E-state index contributed by atoms with van der Waals surface area (Å²) in [6.07, 6.45) is 3.66. The normalized spacial score (nSPS) is 10.2. The molecule has 0 fully saturated rings. The number of aryl methyl sites for hydroxylation is 1. The van der Waals surface area contributed by atoms with Gasteiger partial charge in [-0.15, -0.1) is 11.6 Å². The minimum absolute atomic E-state index is 0.660. The van der Waals surface area contributed by atoms with Crippen molar-refractivity contribution in [2.24, 2.45) is 0 Å². The average molecular weight is 430 g/mol. The summed E-state index contributed by atoms with van der Waals surface area (Å²) in [5, 5.41) is 1.13. The molecule has 4 rings (SSSR count). The lowest BCUT2D eigenvalue weighted by Gasteiger charge is -2.02. The summed E-state index contributed by atoms with van der Waals surface area (Å²) < 4.78 is 7.00. The predicted octanol–water partition coefficient (Wildman–Crippen LogP) is 6.25. The van der Waals surface area contributed by atoms with E-state index in [2.05, 4.69) is 29.8 Å². The molecule has 6 heteroatoms. The Morgan fingerprint density at radius 2 is 1.69 bits per heavy atom. The summed E-state index contributed by atoms with van der Waals surface area (Å²) in [5.41, 5.74) is 4.28. The van der Waals surface area contributed by atoms with Crippen LogP contribution in [0.25, 0.3) is 21.9 Å². The third-order valence-corrected chi connectivity index (χ3v) is 5.01. The molecule has 0 saturated carbocycles. The van der Waals surface area contributed by atoms with E-state index in [9.17, 15) is 0 Å². The number of halogens is 1. The van der Waals surface area contributed by atoms with Gasteiger partial charge in [-0.2, -0.15) is 0 Å². The molecule has 0 amide bonds. The van der Waals surface area contributed by atoms with Crippen molar-refractivity contribution < 1.29 is 4.74 Å². The molecule has 0 saturated heterocycles. The Morgan fingerprint density at radius 3 is 2.38 bits per heavy atom. The van der Waals surface area contributed by atoms with Crippen LogP contribution < -0.4 is 0 Å². The first-order valence-corrected chi connectivity index (χ1v) is 10.9. The summed E-state index contributed by atoms with van der Waals surface area (Å²) in [6, 6.07) is 18.2. The SMILES string of the molecule is CC.COCc1ccccc1.Pn1c(CCCCl)nc2cnc3ccccc3c21. The number of alkyl halides is 1. The molecule has 2 aromatic carbocycles. The van der Waals surface area contributed by atoms with Gasteiger partial charge in [-0.05, 0) is 27.4 Å². The van der Waals surface area contributed by atoms with E-state index in [1.165, 1.54) is 5.56 Å². The molecule has 1 atom stereocenters. The molecule has 0 radical (unpaired) electrons. The van der Waals surface area contributed by atoms with Crippen LogP contribution in [-0.4, -0.2) is 27.3 Å². The Bertz CT molecular complexity index is 1010. The molecule has 0 spiro atoms. The maximum atomic E-state index is 5.74. The number of nitrogens with zero attached hydrogens (tertiary/aromatic N) is 3. The third kappa shape index (κ3) is 6.24. The van der Waals surface area contributed by atoms with E-state index in [0.29, 0.717) is 12.5 Å². The molecular formula is C23H29ClN3OP.